The summed E-state index contributed by atoms with van der Waals surface area (Å²) in [4.78, 5) is 24.2. The number of hydrogen-bond acceptors (Lipinski definition) is 9. The van der Waals surface area contributed by atoms with Crippen LogP contribution in [0.25, 0.3) is 10.6 Å². The summed E-state index contributed by atoms with van der Waals surface area (Å²) in [5.41, 5.74) is -1.45. The van der Waals surface area contributed by atoms with E-state index in [1.807, 2.05) is 0 Å². The fraction of sp³-hybridized carbons (Fsp3) is 0.609. The fourth-order valence-electron chi connectivity index (χ4n) is 5.61. The number of hydroxylamine groups is 1. The lowest BCUT2D eigenvalue weighted by atomic mass is 9.84. The van der Waals surface area contributed by atoms with E-state index < -0.39 is 17.3 Å². The smallest absolute Gasteiger partial charge is 0.396 e. The number of carbonyl (C=O) groups excluding carboxylic acids is 1. The van der Waals surface area contributed by atoms with Crippen LogP contribution in [0.1, 0.15) is 59.3 Å². The molecule has 5 heterocycles. The van der Waals surface area contributed by atoms with Crippen molar-refractivity contribution in [3.8, 4) is 10.6 Å². The summed E-state index contributed by atoms with van der Waals surface area (Å²) < 4.78 is 41.8. The Morgan fingerprint density at radius 2 is 2.03 bits per heavy atom. The number of aliphatic hydroxyl groups is 1. The molecule has 3 N–H and O–H groups in total. The van der Waals surface area contributed by atoms with Crippen LogP contribution in [0, 0.1) is 0 Å². The van der Waals surface area contributed by atoms with Gasteiger partial charge >= 0.3 is 6.18 Å². The highest BCUT2D eigenvalue weighted by Crippen LogP contribution is 2.53. The van der Waals surface area contributed by atoms with Crippen molar-refractivity contribution in [2.45, 2.75) is 56.3 Å². The summed E-state index contributed by atoms with van der Waals surface area (Å²) in [7, 11) is 1.54. The minimum absolute atomic E-state index is 0.0515. The van der Waals surface area contributed by atoms with Crippen LogP contribution in [0.5, 0.6) is 0 Å². The van der Waals surface area contributed by atoms with Gasteiger partial charge in [-0.15, -0.1) is 16.5 Å². The van der Waals surface area contributed by atoms with E-state index in [0.717, 1.165) is 40.4 Å². The standard InChI is InChI=1S/C23H29F3N6O3S/c1-30(35)31-9-4-14(5-10-31)28-21-27-13-16(23(24,25)26)18(29-21)17-12-15-19(36-17)22(7-11-33)6-2-3-8-32(22)20(15)34/h12-14,33,35H,2-11H2,1H3,(H,27,28,29). The van der Waals surface area contributed by atoms with Crippen molar-refractivity contribution in [1.29, 1.82) is 0 Å². The van der Waals surface area contributed by atoms with Crippen LogP contribution >= 0.6 is 11.3 Å². The second kappa shape index (κ2) is 9.53. The van der Waals surface area contributed by atoms with Crippen molar-refractivity contribution in [2.24, 2.45) is 0 Å². The number of hydrazine groups is 1. The first-order chi connectivity index (χ1) is 17.1. The van der Waals surface area contributed by atoms with Crippen molar-refractivity contribution < 1.29 is 28.3 Å². The number of nitrogens with one attached hydrogen (secondary N) is 1. The monoisotopic (exact) mass is 526 g/mol. The Labute approximate surface area is 210 Å². The Morgan fingerprint density at radius 1 is 1.28 bits per heavy atom. The number of carbonyl (C=O) groups is 1. The maximum Gasteiger partial charge on any atom is 0.420 e. The van der Waals surface area contributed by atoms with E-state index in [0.29, 0.717) is 50.9 Å². The molecule has 5 rings (SSSR count). The van der Waals surface area contributed by atoms with Gasteiger partial charge in [-0.1, -0.05) is 0 Å². The topological polar surface area (TPSA) is 105 Å². The molecule has 2 saturated heterocycles. The van der Waals surface area contributed by atoms with Crippen LogP contribution in [-0.2, 0) is 11.7 Å². The SMILES string of the molecule is CN(O)N1CCC(Nc2ncc(C(F)(F)F)c(-c3cc4c(s3)C3(CCO)CCCCN3C4=O)n2)CC1. The Hall–Kier alpha value is -2.32. The summed E-state index contributed by atoms with van der Waals surface area (Å²) in [6, 6.07) is 1.47. The van der Waals surface area contributed by atoms with Gasteiger partial charge in [0, 0.05) is 50.4 Å². The van der Waals surface area contributed by atoms with Crippen molar-refractivity contribution >= 4 is 23.2 Å². The molecular formula is C23H29F3N6O3S. The number of aromatic nitrogens is 2. The maximum absolute atomic E-state index is 13.9. The molecule has 0 radical (unpaired) electrons. The normalized spacial score (nSPS) is 23.3. The van der Waals surface area contributed by atoms with Crippen LogP contribution in [0.2, 0.25) is 0 Å². The number of nitrogens with zero attached hydrogens (tertiary/aromatic N) is 5. The average molecular weight is 527 g/mol. The zero-order valence-electron chi connectivity index (χ0n) is 19.9. The van der Waals surface area contributed by atoms with E-state index in [1.54, 1.807) is 17.0 Å². The van der Waals surface area contributed by atoms with Gasteiger partial charge in [0.1, 0.15) is 5.56 Å². The van der Waals surface area contributed by atoms with E-state index in [-0.39, 0.29) is 35.1 Å². The third-order valence-electron chi connectivity index (χ3n) is 7.44. The van der Waals surface area contributed by atoms with Gasteiger partial charge in [-0.25, -0.2) is 15.0 Å². The Balaban J connectivity index is 1.49. The third kappa shape index (κ3) is 4.36. The van der Waals surface area contributed by atoms with Crippen molar-refractivity contribution in [2.75, 3.05) is 38.6 Å². The van der Waals surface area contributed by atoms with E-state index in [2.05, 4.69) is 15.3 Å². The summed E-state index contributed by atoms with van der Waals surface area (Å²) in [5.74, 6) is -0.0970. The lowest BCUT2D eigenvalue weighted by Crippen LogP contribution is -2.47. The van der Waals surface area contributed by atoms with Crippen LogP contribution in [0.3, 0.4) is 0 Å². The number of alkyl halides is 3. The molecule has 2 aromatic heterocycles. The van der Waals surface area contributed by atoms with Crippen LogP contribution in [-0.4, -0.2) is 80.6 Å². The molecule has 0 aliphatic carbocycles. The summed E-state index contributed by atoms with van der Waals surface area (Å²) in [6.07, 6.45) is 0.238. The van der Waals surface area contributed by atoms with Crippen molar-refractivity contribution in [3.63, 3.8) is 0 Å². The van der Waals surface area contributed by atoms with Gasteiger partial charge in [0.2, 0.25) is 5.95 Å². The van der Waals surface area contributed by atoms with E-state index >= 15 is 0 Å². The molecule has 196 valence electrons. The molecule has 0 saturated carbocycles. The molecule has 0 spiro atoms. The van der Waals surface area contributed by atoms with E-state index in [9.17, 15) is 28.3 Å². The number of thiophene rings is 1. The van der Waals surface area contributed by atoms with Gasteiger partial charge in [0.25, 0.3) is 5.91 Å². The second-order valence-electron chi connectivity index (χ2n) is 9.59. The van der Waals surface area contributed by atoms with Gasteiger partial charge in [0.15, 0.2) is 0 Å². The molecule has 2 fully saturated rings. The molecule has 1 amide bonds. The van der Waals surface area contributed by atoms with E-state index in [4.69, 9.17) is 0 Å². The number of fused-ring (bicyclic) bond motifs is 3. The molecule has 0 bridgehead atoms. The average Bonchev–Trinajstić information content (AvgIpc) is 3.38. The predicted molar refractivity (Wildman–Crippen MR) is 126 cm³/mol. The number of halogens is 3. The molecule has 0 aromatic carbocycles. The van der Waals surface area contributed by atoms with Gasteiger partial charge in [-0.2, -0.15) is 13.2 Å². The van der Waals surface area contributed by atoms with Gasteiger partial charge in [-0.05, 0) is 44.6 Å². The minimum atomic E-state index is -4.66. The van der Waals surface area contributed by atoms with E-state index in [1.165, 1.54) is 6.07 Å². The van der Waals surface area contributed by atoms with Gasteiger partial charge in [0.05, 0.1) is 21.7 Å². The predicted octanol–water partition coefficient (Wildman–Crippen LogP) is 3.55. The molecule has 3 aliphatic rings. The highest BCUT2D eigenvalue weighted by molar-refractivity contribution is 7.16. The minimum Gasteiger partial charge on any atom is -0.396 e. The molecular weight excluding hydrogens is 497 g/mol. The largest absolute Gasteiger partial charge is 0.420 e. The van der Waals surface area contributed by atoms with Gasteiger partial charge in [-0.3, -0.25) is 10.0 Å². The van der Waals surface area contributed by atoms with Crippen LogP contribution < -0.4 is 5.32 Å². The number of anilines is 1. The third-order valence-corrected chi connectivity index (χ3v) is 8.77. The number of rotatable bonds is 6. The zero-order chi connectivity index (χ0) is 25.7. The first-order valence-electron chi connectivity index (χ1n) is 12.1. The Bertz CT molecular complexity index is 1130. The molecule has 2 aromatic rings. The summed E-state index contributed by atoms with van der Waals surface area (Å²) in [6.45, 7) is 1.63. The van der Waals surface area contributed by atoms with Crippen molar-refractivity contribution in [3.05, 3.63) is 28.3 Å². The van der Waals surface area contributed by atoms with Crippen molar-refractivity contribution in [1.82, 2.24) is 25.0 Å². The molecule has 9 nitrogen and oxygen atoms in total. The number of aliphatic hydroxyl groups excluding tert-OH is 1. The molecule has 36 heavy (non-hydrogen) atoms. The number of piperidine rings is 2. The molecule has 1 atom stereocenters. The number of hydrogen-bond donors (Lipinski definition) is 3. The molecule has 3 aliphatic heterocycles. The number of amides is 1. The summed E-state index contributed by atoms with van der Waals surface area (Å²) >= 11 is 1.16. The second-order valence-corrected chi connectivity index (χ2v) is 10.6. The van der Waals surface area contributed by atoms with Crippen LogP contribution in [0.4, 0.5) is 19.1 Å². The Kier molecular flexibility index (Phi) is 6.70. The zero-order valence-corrected chi connectivity index (χ0v) is 20.7. The van der Waals surface area contributed by atoms with Crippen LogP contribution in [0.15, 0.2) is 12.3 Å². The first kappa shape index (κ1) is 25.3. The quantitative estimate of drug-likeness (QED) is 0.491. The summed E-state index contributed by atoms with van der Waals surface area (Å²) in [5, 5.41) is 25.3. The first-order valence-corrected chi connectivity index (χ1v) is 12.9. The lowest BCUT2D eigenvalue weighted by molar-refractivity contribution is -0.232. The highest BCUT2D eigenvalue weighted by atomic mass is 32.1. The lowest BCUT2D eigenvalue weighted by Gasteiger charge is -2.42. The Morgan fingerprint density at radius 3 is 2.69 bits per heavy atom. The molecule has 13 heteroatoms. The molecule has 1 unspecified atom stereocenters. The maximum atomic E-state index is 13.9. The van der Waals surface area contributed by atoms with Gasteiger partial charge < -0.3 is 15.3 Å². The highest BCUT2D eigenvalue weighted by Gasteiger charge is 2.52. The fourth-order valence-corrected chi connectivity index (χ4v) is 7.02.